The number of nitrogens with two attached hydrogens (primary N) is 2. The predicted molar refractivity (Wildman–Crippen MR) is 106 cm³/mol. The Morgan fingerprint density at radius 3 is 2.67 bits per heavy atom. The molecular formula is C19H27FN6O. The van der Waals surface area contributed by atoms with Gasteiger partial charge in [0.05, 0.1) is 7.18 Å². The Balaban J connectivity index is 0.00000126. The Bertz CT molecular complexity index is 770. The molecule has 8 heteroatoms. The number of anilines is 3. The third-order valence-electron chi connectivity index (χ3n) is 4.47. The van der Waals surface area contributed by atoms with Gasteiger partial charge in [-0.1, -0.05) is 25.0 Å². The van der Waals surface area contributed by atoms with Crippen molar-refractivity contribution in [3.63, 3.8) is 0 Å². The second-order valence-corrected chi connectivity index (χ2v) is 6.51. The molecule has 1 aromatic carbocycles. The fourth-order valence-electron chi connectivity index (χ4n) is 3.09. The minimum Gasteiger partial charge on any atom is -0.365 e. The van der Waals surface area contributed by atoms with E-state index in [9.17, 15) is 9.18 Å². The van der Waals surface area contributed by atoms with Crippen LogP contribution in [0, 0.1) is 6.92 Å². The van der Waals surface area contributed by atoms with E-state index in [-0.39, 0.29) is 17.6 Å². The number of primary amides is 1. The molecule has 1 saturated carbocycles. The molecule has 2 unspecified atom stereocenters. The highest BCUT2D eigenvalue weighted by Crippen LogP contribution is 2.23. The summed E-state index contributed by atoms with van der Waals surface area (Å²) < 4.78 is 9.50. The molecule has 2 atom stereocenters. The Kier molecular flexibility index (Phi) is 7.48. The maximum Gasteiger partial charge on any atom is 0.254 e. The number of aryl methyl sites for hydroxylation is 1. The Hall–Kier alpha value is -2.74. The van der Waals surface area contributed by atoms with Crippen LogP contribution in [-0.4, -0.2) is 35.1 Å². The van der Waals surface area contributed by atoms with E-state index in [1.807, 2.05) is 31.2 Å². The van der Waals surface area contributed by atoms with Gasteiger partial charge in [0, 0.05) is 24.0 Å². The molecular weight excluding hydrogens is 347 g/mol. The number of carbonyl (C=O) groups is 1. The van der Waals surface area contributed by atoms with Crippen LogP contribution in [-0.2, 0) is 0 Å². The van der Waals surface area contributed by atoms with E-state index in [4.69, 9.17) is 11.5 Å². The molecule has 0 spiro atoms. The summed E-state index contributed by atoms with van der Waals surface area (Å²) >= 11 is 0. The summed E-state index contributed by atoms with van der Waals surface area (Å²) in [5, 5.41) is 6.46. The highest BCUT2D eigenvalue weighted by atomic mass is 19.1. The molecule has 6 N–H and O–H groups in total. The minimum atomic E-state index is -0.573. The van der Waals surface area contributed by atoms with Crippen molar-refractivity contribution in [2.45, 2.75) is 44.7 Å². The minimum absolute atomic E-state index is 0.0846. The van der Waals surface area contributed by atoms with Gasteiger partial charge in [-0.15, -0.1) is 0 Å². The number of alkyl halides is 1. The first kappa shape index (κ1) is 20.6. The normalized spacial score (nSPS) is 18.8. The third-order valence-corrected chi connectivity index (χ3v) is 4.47. The average molecular weight is 374 g/mol. The standard InChI is InChI=1S/C18H24N6O.CH3F/c1-11-5-4-6-12(9-11)22-17-13(16(20)25)10-21-18(24-17)23-15-8-3-2-7-14(15)19;1-2/h4-6,9-10,14-15H,2-3,7-8,19H2,1H3,(H2,20,25)(H2,21,22,23,24);1H3. The van der Waals surface area contributed by atoms with Gasteiger partial charge in [0.1, 0.15) is 11.4 Å². The molecule has 0 saturated heterocycles. The van der Waals surface area contributed by atoms with Crippen LogP contribution in [0.3, 0.4) is 0 Å². The molecule has 7 nitrogen and oxygen atoms in total. The van der Waals surface area contributed by atoms with Gasteiger partial charge in [-0.3, -0.25) is 9.18 Å². The van der Waals surface area contributed by atoms with Crippen LogP contribution in [0.15, 0.2) is 30.5 Å². The van der Waals surface area contributed by atoms with Crippen LogP contribution in [0.5, 0.6) is 0 Å². The van der Waals surface area contributed by atoms with E-state index in [1.54, 1.807) is 0 Å². The van der Waals surface area contributed by atoms with E-state index in [1.165, 1.54) is 6.20 Å². The van der Waals surface area contributed by atoms with Gasteiger partial charge in [0.15, 0.2) is 0 Å². The van der Waals surface area contributed by atoms with Crippen molar-refractivity contribution in [3.05, 3.63) is 41.6 Å². The molecule has 0 radical (unpaired) electrons. The fourth-order valence-corrected chi connectivity index (χ4v) is 3.09. The van der Waals surface area contributed by atoms with Gasteiger partial charge < -0.3 is 22.1 Å². The number of aromatic nitrogens is 2. The van der Waals surface area contributed by atoms with Crippen LogP contribution in [0.2, 0.25) is 0 Å². The quantitative estimate of drug-likeness (QED) is 0.639. The SMILES string of the molecule is CF.Cc1cccc(Nc2nc(NC3CCCCC3N)ncc2C(N)=O)c1. The maximum atomic E-state index is 11.7. The second kappa shape index (κ2) is 9.82. The van der Waals surface area contributed by atoms with Crippen molar-refractivity contribution in [2.24, 2.45) is 11.5 Å². The Morgan fingerprint density at radius 1 is 1.26 bits per heavy atom. The molecule has 1 amide bonds. The predicted octanol–water partition coefficient (Wildman–Crippen LogP) is 2.90. The van der Waals surface area contributed by atoms with E-state index in [2.05, 4.69) is 20.6 Å². The van der Waals surface area contributed by atoms with Crippen LogP contribution >= 0.6 is 0 Å². The monoisotopic (exact) mass is 374 g/mol. The molecule has 146 valence electrons. The van der Waals surface area contributed by atoms with Crippen molar-refractivity contribution in [2.75, 3.05) is 17.8 Å². The number of benzene rings is 1. The second-order valence-electron chi connectivity index (χ2n) is 6.51. The molecule has 27 heavy (non-hydrogen) atoms. The van der Waals surface area contributed by atoms with Gasteiger partial charge in [0.2, 0.25) is 5.95 Å². The molecule has 0 aliphatic heterocycles. The first-order chi connectivity index (χ1) is 13.0. The summed E-state index contributed by atoms with van der Waals surface area (Å²) in [5.74, 6) is 0.263. The number of halogens is 1. The van der Waals surface area contributed by atoms with E-state index in [0.717, 1.165) is 36.9 Å². The zero-order valence-electron chi connectivity index (χ0n) is 15.7. The van der Waals surface area contributed by atoms with Crippen molar-refractivity contribution < 1.29 is 9.18 Å². The molecule has 1 aliphatic rings. The molecule has 1 fully saturated rings. The smallest absolute Gasteiger partial charge is 0.254 e. The molecule has 1 aromatic heterocycles. The molecule has 1 heterocycles. The molecule has 2 aromatic rings. The largest absolute Gasteiger partial charge is 0.365 e. The first-order valence-electron chi connectivity index (χ1n) is 8.93. The number of carbonyl (C=O) groups excluding carboxylic acids is 1. The van der Waals surface area contributed by atoms with Gasteiger partial charge >= 0.3 is 0 Å². The number of nitrogens with zero attached hydrogens (tertiary/aromatic N) is 2. The molecule has 3 rings (SSSR count). The topological polar surface area (TPSA) is 119 Å². The number of amides is 1. The average Bonchev–Trinajstić information content (AvgIpc) is 2.65. The Morgan fingerprint density at radius 2 is 2.00 bits per heavy atom. The lowest BCUT2D eigenvalue weighted by atomic mass is 9.91. The maximum absolute atomic E-state index is 11.7. The summed E-state index contributed by atoms with van der Waals surface area (Å²) in [6.45, 7) is 2.00. The lowest BCUT2D eigenvalue weighted by Crippen LogP contribution is -2.43. The number of hydrogen-bond donors (Lipinski definition) is 4. The highest BCUT2D eigenvalue weighted by Gasteiger charge is 2.23. The van der Waals surface area contributed by atoms with Crippen LogP contribution in [0.25, 0.3) is 0 Å². The Labute approximate surface area is 158 Å². The van der Waals surface area contributed by atoms with E-state index < -0.39 is 5.91 Å². The summed E-state index contributed by atoms with van der Waals surface area (Å²) in [4.78, 5) is 20.4. The zero-order valence-corrected chi connectivity index (χ0v) is 15.7. The van der Waals surface area contributed by atoms with Crippen molar-refractivity contribution >= 4 is 23.4 Å². The van der Waals surface area contributed by atoms with Crippen molar-refractivity contribution in [1.29, 1.82) is 0 Å². The molecule has 1 aliphatic carbocycles. The van der Waals surface area contributed by atoms with Crippen molar-refractivity contribution in [3.8, 4) is 0 Å². The summed E-state index contributed by atoms with van der Waals surface area (Å²) in [6, 6.07) is 8.03. The lowest BCUT2D eigenvalue weighted by Gasteiger charge is -2.29. The first-order valence-corrected chi connectivity index (χ1v) is 8.93. The summed E-state index contributed by atoms with van der Waals surface area (Å²) in [5.41, 5.74) is 13.8. The third kappa shape index (κ3) is 5.62. The van der Waals surface area contributed by atoms with E-state index in [0.29, 0.717) is 18.9 Å². The van der Waals surface area contributed by atoms with Gasteiger partial charge in [-0.05, 0) is 37.5 Å². The summed E-state index contributed by atoms with van der Waals surface area (Å²) in [7, 11) is 0.500. The zero-order chi connectivity index (χ0) is 19.8. The fraction of sp³-hybridized carbons (Fsp3) is 0.421. The van der Waals surface area contributed by atoms with Gasteiger partial charge in [-0.25, -0.2) is 4.98 Å². The lowest BCUT2D eigenvalue weighted by molar-refractivity contribution is 0.100. The van der Waals surface area contributed by atoms with Crippen LogP contribution < -0.4 is 22.1 Å². The number of hydrogen-bond acceptors (Lipinski definition) is 6. The number of nitrogens with one attached hydrogen (secondary N) is 2. The van der Waals surface area contributed by atoms with Gasteiger partial charge in [-0.2, -0.15) is 4.98 Å². The molecule has 0 bridgehead atoms. The highest BCUT2D eigenvalue weighted by molar-refractivity contribution is 5.98. The van der Waals surface area contributed by atoms with Gasteiger partial charge in [0.25, 0.3) is 5.91 Å². The summed E-state index contributed by atoms with van der Waals surface area (Å²) in [6.07, 6.45) is 5.72. The van der Waals surface area contributed by atoms with Crippen molar-refractivity contribution in [1.82, 2.24) is 9.97 Å². The number of rotatable bonds is 5. The van der Waals surface area contributed by atoms with Crippen LogP contribution in [0.1, 0.15) is 41.6 Å². The van der Waals surface area contributed by atoms with Crippen LogP contribution in [0.4, 0.5) is 21.8 Å². The van der Waals surface area contributed by atoms with E-state index >= 15 is 0 Å².